The van der Waals surface area contributed by atoms with E-state index < -0.39 is 5.66 Å². The van der Waals surface area contributed by atoms with Crippen LogP contribution in [-0.4, -0.2) is 65.0 Å². The lowest BCUT2D eigenvalue weighted by Crippen LogP contribution is -2.59. The number of hydrogen-bond donors (Lipinski definition) is 1. The molecule has 140 valence electrons. The second kappa shape index (κ2) is 8.22. The lowest BCUT2D eigenvalue weighted by atomic mass is 9.95. The molecule has 0 bridgehead atoms. The van der Waals surface area contributed by atoms with E-state index in [4.69, 9.17) is 18.0 Å². The number of hydrogen-bond acceptors (Lipinski definition) is 5. The van der Waals surface area contributed by atoms with E-state index in [0.717, 1.165) is 12.2 Å². The van der Waals surface area contributed by atoms with Gasteiger partial charge >= 0.3 is 0 Å². The molecule has 2 aliphatic heterocycles. The second-order valence-corrected chi connectivity index (χ2v) is 8.84. The Hall–Kier alpha value is -1.20. The van der Waals surface area contributed by atoms with Crippen molar-refractivity contribution in [2.45, 2.75) is 31.0 Å². The van der Waals surface area contributed by atoms with Gasteiger partial charge in [-0.15, -0.1) is 17.8 Å². The average Bonchev–Trinajstić information content (AvgIpc) is 3.17. The molecule has 3 heterocycles. The second-order valence-electron chi connectivity index (χ2n) is 6.53. The molecule has 26 heavy (non-hydrogen) atoms. The van der Waals surface area contributed by atoms with Crippen LogP contribution in [0.1, 0.15) is 28.9 Å². The van der Waals surface area contributed by atoms with E-state index >= 15 is 0 Å². The van der Waals surface area contributed by atoms with Crippen molar-refractivity contribution >= 4 is 46.5 Å². The summed E-state index contributed by atoms with van der Waals surface area (Å²) >= 11 is 9.19. The van der Waals surface area contributed by atoms with Crippen molar-refractivity contribution in [1.82, 2.24) is 15.1 Å². The monoisotopic (exact) mass is 411 g/mol. The largest absolute Gasteiger partial charge is 0.338 e. The number of nitrogens with one attached hydrogen (secondary N) is 1. The van der Waals surface area contributed by atoms with Crippen LogP contribution in [0.25, 0.3) is 0 Å². The summed E-state index contributed by atoms with van der Waals surface area (Å²) in [5, 5.41) is 5.86. The molecule has 0 radical (unpaired) electrons. The molecular weight excluding hydrogens is 390 g/mol. The normalized spacial score (nSPS) is 22.0. The maximum Gasteiger partial charge on any atom is 0.265 e. The van der Waals surface area contributed by atoms with Gasteiger partial charge in [-0.25, -0.2) is 0 Å². The Bertz CT molecular complexity index is 722. The van der Waals surface area contributed by atoms with Crippen LogP contribution in [0.5, 0.6) is 0 Å². The van der Waals surface area contributed by atoms with E-state index in [1.54, 1.807) is 22.7 Å². The number of thioether (sulfide) groups is 1. The van der Waals surface area contributed by atoms with E-state index in [2.05, 4.69) is 11.2 Å². The zero-order valence-corrected chi connectivity index (χ0v) is 17.1. The number of carbonyl (C=O) groups excluding carboxylic acids is 2. The summed E-state index contributed by atoms with van der Waals surface area (Å²) < 4.78 is 0. The summed E-state index contributed by atoms with van der Waals surface area (Å²) in [6.45, 7) is 1.44. The van der Waals surface area contributed by atoms with E-state index in [-0.39, 0.29) is 17.9 Å². The Kier molecular flexibility index (Phi) is 6.18. The van der Waals surface area contributed by atoms with Gasteiger partial charge in [-0.1, -0.05) is 17.5 Å². The number of amides is 2. The first kappa shape index (κ1) is 19.6. The summed E-state index contributed by atoms with van der Waals surface area (Å²) in [7, 11) is 0. The molecule has 2 amide bonds. The molecule has 2 fully saturated rings. The highest BCUT2D eigenvalue weighted by Gasteiger charge is 2.51. The Morgan fingerprint density at radius 1 is 1.54 bits per heavy atom. The number of carbonyl (C=O) groups is 2. The fourth-order valence-electron chi connectivity index (χ4n) is 3.70. The fraction of sp³-hybridized carbons (Fsp3) is 0.556. The molecule has 5 nitrogen and oxygen atoms in total. The minimum atomic E-state index is -0.442. The Labute approximate surface area is 167 Å². The molecule has 1 atom stereocenters. The maximum atomic E-state index is 12.8. The van der Waals surface area contributed by atoms with Crippen molar-refractivity contribution < 1.29 is 9.59 Å². The van der Waals surface area contributed by atoms with Gasteiger partial charge in [0.2, 0.25) is 5.91 Å². The van der Waals surface area contributed by atoms with Gasteiger partial charge in [0.25, 0.3) is 5.91 Å². The lowest BCUT2D eigenvalue weighted by Gasteiger charge is -2.44. The Morgan fingerprint density at radius 3 is 2.85 bits per heavy atom. The highest BCUT2D eigenvalue weighted by molar-refractivity contribution is 7.98. The van der Waals surface area contributed by atoms with Gasteiger partial charge in [0.05, 0.1) is 23.3 Å². The van der Waals surface area contributed by atoms with E-state index in [1.165, 1.54) is 11.3 Å². The standard InChI is InChI=1S/C18H22ClN3O2S2/c1-3-8-22-16(23)14(5-11-25-2)20-18(22)6-9-21(10-7-18)17(24)15-13(19)4-12-26-15/h1,4,12,14,20H,5-11H2,2H3. The van der Waals surface area contributed by atoms with Crippen LogP contribution in [-0.2, 0) is 4.79 Å². The number of thiophene rings is 1. The number of terminal acetylenes is 1. The van der Waals surface area contributed by atoms with E-state index in [0.29, 0.717) is 42.4 Å². The van der Waals surface area contributed by atoms with Crippen LogP contribution < -0.4 is 5.32 Å². The SMILES string of the molecule is C#CCN1C(=O)C(CCSC)NC12CCN(C(=O)c1sccc1Cl)CC2. The molecule has 1 aromatic heterocycles. The summed E-state index contributed by atoms with van der Waals surface area (Å²) in [6.07, 6.45) is 9.68. The van der Waals surface area contributed by atoms with Crippen LogP contribution >= 0.6 is 34.7 Å². The predicted octanol–water partition coefficient (Wildman–Crippen LogP) is 2.52. The van der Waals surface area contributed by atoms with Gasteiger partial charge in [-0.2, -0.15) is 11.8 Å². The molecule has 1 spiro atoms. The number of halogens is 1. The Balaban J connectivity index is 1.71. The van der Waals surface area contributed by atoms with Gasteiger partial charge in [-0.3, -0.25) is 14.9 Å². The first-order chi connectivity index (χ1) is 12.5. The molecule has 8 heteroatoms. The molecule has 1 N–H and O–H groups in total. The zero-order valence-electron chi connectivity index (χ0n) is 14.7. The van der Waals surface area contributed by atoms with Crippen LogP contribution in [0.2, 0.25) is 5.02 Å². The molecule has 1 unspecified atom stereocenters. The Morgan fingerprint density at radius 2 is 2.27 bits per heavy atom. The zero-order chi connectivity index (χ0) is 18.7. The number of rotatable bonds is 5. The van der Waals surface area contributed by atoms with Gasteiger partial charge in [-0.05, 0) is 29.9 Å². The van der Waals surface area contributed by atoms with Crippen molar-refractivity contribution in [2.75, 3.05) is 31.6 Å². The smallest absolute Gasteiger partial charge is 0.265 e. The highest BCUT2D eigenvalue weighted by Crippen LogP contribution is 2.34. The molecule has 0 aromatic carbocycles. The van der Waals surface area contributed by atoms with Crippen LogP contribution in [0, 0.1) is 12.3 Å². The third-order valence-corrected chi connectivity index (χ3v) is 7.05. The molecule has 2 saturated heterocycles. The third-order valence-electron chi connectivity index (χ3n) is 5.07. The fourth-order valence-corrected chi connectivity index (χ4v) is 5.27. The number of likely N-dealkylation sites (tertiary alicyclic amines) is 1. The van der Waals surface area contributed by atoms with Crippen molar-refractivity contribution in [3.8, 4) is 12.3 Å². The molecule has 3 rings (SSSR count). The maximum absolute atomic E-state index is 12.8. The summed E-state index contributed by atoms with van der Waals surface area (Å²) in [5.41, 5.74) is -0.442. The highest BCUT2D eigenvalue weighted by atomic mass is 35.5. The summed E-state index contributed by atoms with van der Waals surface area (Å²) in [6, 6.07) is 1.55. The quantitative estimate of drug-likeness (QED) is 0.756. The third kappa shape index (κ3) is 3.61. The summed E-state index contributed by atoms with van der Waals surface area (Å²) in [5.74, 6) is 3.58. The predicted molar refractivity (Wildman–Crippen MR) is 108 cm³/mol. The average molecular weight is 412 g/mol. The van der Waals surface area contributed by atoms with Crippen molar-refractivity contribution in [3.63, 3.8) is 0 Å². The van der Waals surface area contributed by atoms with Crippen LogP contribution in [0.3, 0.4) is 0 Å². The van der Waals surface area contributed by atoms with Gasteiger partial charge in [0.15, 0.2) is 0 Å². The topological polar surface area (TPSA) is 52.7 Å². The first-order valence-corrected chi connectivity index (χ1v) is 11.2. The summed E-state index contributed by atoms with van der Waals surface area (Å²) in [4.78, 5) is 29.7. The first-order valence-electron chi connectivity index (χ1n) is 8.56. The van der Waals surface area contributed by atoms with Gasteiger partial charge < -0.3 is 9.80 Å². The van der Waals surface area contributed by atoms with Crippen LogP contribution in [0.4, 0.5) is 0 Å². The van der Waals surface area contributed by atoms with Gasteiger partial charge in [0, 0.05) is 25.9 Å². The minimum absolute atomic E-state index is 0.0355. The van der Waals surface area contributed by atoms with E-state index in [1.807, 2.05) is 16.5 Å². The molecule has 0 aliphatic carbocycles. The lowest BCUT2D eigenvalue weighted by molar-refractivity contribution is -0.132. The molecule has 1 aromatic rings. The van der Waals surface area contributed by atoms with Crippen molar-refractivity contribution in [2.24, 2.45) is 0 Å². The van der Waals surface area contributed by atoms with Crippen LogP contribution in [0.15, 0.2) is 11.4 Å². The minimum Gasteiger partial charge on any atom is -0.338 e. The number of nitrogens with zero attached hydrogens (tertiary/aromatic N) is 2. The molecule has 2 aliphatic rings. The molecular formula is C18H22ClN3O2S2. The van der Waals surface area contributed by atoms with E-state index in [9.17, 15) is 9.59 Å². The molecule has 0 saturated carbocycles. The van der Waals surface area contributed by atoms with Gasteiger partial charge in [0.1, 0.15) is 4.88 Å². The number of piperidine rings is 1. The van der Waals surface area contributed by atoms with Crippen molar-refractivity contribution in [3.05, 3.63) is 21.3 Å². The van der Waals surface area contributed by atoms with Crippen molar-refractivity contribution in [1.29, 1.82) is 0 Å².